The number of amides is 1. The Morgan fingerprint density at radius 3 is 2.58 bits per heavy atom. The molecule has 0 saturated carbocycles. The Bertz CT molecular complexity index is 749. The molecule has 2 aromatic carbocycles. The van der Waals surface area contributed by atoms with Gasteiger partial charge in [-0.15, -0.1) is 0 Å². The molecule has 0 radical (unpaired) electrons. The van der Waals surface area contributed by atoms with Gasteiger partial charge in [-0.05, 0) is 42.3 Å². The van der Waals surface area contributed by atoms with Crippen molar-refractivity contribution in [2.24, 2.45) is 5.73 Å². The van der Waals surface area contributed by atoms with Crippen LogP contribution in [-0.4, -0.2) is 28.6 Å². The summed E-state index contributed by atoms with van der Waals surface area (Å²) in [4.78, 5) is 13.0. The molecule has 1 saturated heterocycles. The third kappa shape index (κ3) is 3.44. The molecular formula is C18H18F2N2O2. The second-order valence-corrected chi connectivity index (χ2v) is 6.06. The lowest BCUT2D eigenvalue weighted by atomic mass is 10.0. The molecule has 1 fully saturated rings. The number of primary amides is 1. The lowest BCUT2D eigenvalue weighted by molar-refractivity contribution is 0.1000. The third-order valence-corrected chi connectivity index (χ3v) is 4.32. The van der Waals surface area contributed by atoms with Gasteiger partial charge in [0.15, 0.2) is 0 Å². The highest BCUT2D eigenvalue weighted by atomic mass is 19.1. The molecule has 0 aromatic heterocycles. The second-order valence-electron chi connectivity index (χ2n) is 6.06. The first-order chi connectivity index (χ1) is 11.4. The van der Waals surface area contributed by atoms with Gasteiger partial charge >= 0.3 is 0 Å². The smallest absolute Gasteiger partial charge is 0.248 e. The molecule has 4 nitrogen and oxygen atoms in total. The summed E-state index contributed by atoms with van der Waals surface area (Å²) in [6, 6.07) is 9.76. The minimum atomic E-state index is -0.595. The van der Waals surface area contributed by atoms with Gasteiger partial charge in [-0.25, -0.2) is 8.78 Å². The highest BCUT2D eigenvalue weighted by Crippen LogP contribution is 2.35. The predicted octanol–water partition coefficient (Wildman–Crippen LogP) is 2.37. The molecule has 1 aliphatic heterocycles. The Kier molecular flexibility index (Phi) is 4.59. The van der Waals surface area contributed by atoms with Crippen LogP contribution in [0.3, 0.4) is 0 Å². The summed E-state index contributed by atoms with van der Waals surface area (Å²) in [5, 5.41) is 9.97. The highest BCUT2D eigenvalue weighted by molar-refractivity contribution is 5.92. The third-order valence-electron chi connectivity index (χ3n) is 4.32. The summed E-state index contributed by atoms with van der Waals surface area (Å²) in [5.41, 5.74) is 6.77. The van der Waals surface area contributed by atoms with Crippen molar-refractivity contribution in [3.8, 4) is 0 Å². The van der Waals surface area contributed by atoms with E-state index >= 15 is 0 Å². The number of likely N-dealkylation sites (tertiary alicyclic amines) is 1. The van der Waals surface area contributed by atoms with Gasteiger partial charge in [0.05, 0.1) is 6.10 Å². The molecule has 0 spiro atoms. The van der Waals surface area contributed by atoms with Crippen molar-refractivity contribution in [3.63, 3.8) is 0 Å². The Balaban J connectivity index is 1.83. The van der Waals surface area contributed by atoms with Crippen LogP contribution in [0.2, 0.25) is 0 Å². The van der Waals surface area contributed by atoms with Crippen LogP contribution >= 0.6 is 0 Å². The van der Waals surface area contributed by atoms with Gasteiger partial charge in [0, 0.05) is 30.3 Å². The molecule has 2 aromatic rings. The number of hydrogen-bond acceptors (Lipinski definition) is 3. The number of halogens is 2. The van der Waals surface area contributed by atoms with Gasteiger partial charge in [-0.2, -0.15) is 0 Å². The normalized spacial score (nSPS) is 21.1. The largest absolute Gasteiger partial charge is 0.392 e. The second kappa shape index (κ2) is 6.67. The summed E-state index contributed by atoms with van der Waals surface area (Å²) < 4.78 is 27.6. The average molecular weight is 332 g/mol. The van der Waals surface area contributed by atoms with Gasteiger partial charge in [-0.3, -0.25) is 9.69 Å². The first kappa shape index (κ1) is 16.5. The van der Waals surface area contributed by atoms with E-state index in [0.29, 0.717) is 25.1 Å². The number of aliphatic hydroxyl groups excluding tert-OH is 1. The Morgan fingerprint density at radius 1 is 1.21 bits per heavy atom. The van der Waals surface area contributed by atoms with Gasteiger partial charge in [0.2, 0.25) is 5.91 Å². The van der Waals surface area contributed by atoms with Crippen LogP contribution in [0, 0.1) is 11.6 Å². The number of carbonyl (C=O) groups is 1. The van der Waals surface area contributed by atoms with Crippen molar-refractivity contribution in [1.82, 2.24) is 4.90 Å². The van der Waals surface area contributed by atoms with E-state index in [0.717, 1.165) is 17.7 Å². The van der Waals surface area contributed by atoms with E-state index in [9.17, 15) is 18.7 Å². The summed E-state index contributed by atoms with van der Waals surface area (Å²) in [5.74, 6) is -1.49. The van der Waals surface area contributed by atoms with Crippen molar-refractivity contribution in [1.29, 1.82) is 0 Å². The topological polar surface area (TPSA) is 66.6 Å². The Labute approximate surface area is 138 Å². The highest BCUT2D eigenvalue weighted by Gasteiger charge is 2.33. The number of nitrogens with two attached hydrogens (primary N) is 1. The molecule has 126 valence electrons. The summed E-state index contributed by atoms with van der Waals surface area (Å²) >= 11 is 0. The maximum absolute atomic E-state index is 14.1. The van der Waals surface area contributed by atoms with Gasteiger partial charge in [0.1, 0.15) is 11.6 Å². The van der Waals surface area contributed by atoms with Crippen molar-refractivity contribution < 1.29 is 18.7 Å². The quantitative estimate of drug-likeness (QED) is 0.903. The molecular weight excluding hydrogens is 314 g/mol. The van der Waals surface area contributed by atoms with Crippen molar-refractivity contribution >= 4 is 5.91 Å². The van der Waals surface area contributed by atoms with Crippen molar-refractivity contribution in [2.45, 2.75) is 25.1 Å². The van der Waals surface area contributed by atoms with Gasteiger partial charge < -0.3 is 10.8 Å². The molecule has 3 N–H and O–H groups in total. The van der Waals surface area contributed by atoms with E-state index in [2.05, 4.69) is 0 Å². The van der Waals surface area contributed by atoms with Crippen LogP contribution in [0.4, 0.5) is 8.78 Å². The van der Waals surface area contributed by atoms with E-state index in [1.165, 1.54) is 6.07 Å². The van der Waals surface area contributed by atoms with E-state index in [-0.39, 0.29) is 5.56 Å². The fourth-order valence-corrected chi connectivity index (χ4v) is 3.16. The molecule has 1 amide bonds. The number of hydrogen-bond donors (Lipinski definition) is 2. The van der Waals surface area contributed by atoms with Crippen LogP contribution < -0.4 is 5.73 Å². The fourth-order valence-electron chi connectivity index (χ4n) is 3.16. The number of benzene rings is 2. The lowest BCUT2D eigenvalue weighted by Gasteiger charge is -2.25. The molecule has 1 aliphatic rings. The SMILES string of the molecule is NC(=O)c1ccc(CN2C[C@H](O)C[C@H]2c2cc(F)ccc2F)cc1. The van der Waals surface area contributed by atoms with Crippen LogP contribution in [0.5, 0.6) is 0 Å². The molecule has 0 bridgehead atoms. The number of carbonyl (C=O) groups excluding carboxylic acids is 1. The fraction of sp³-hybridized carbons (Fsp3) is 0.278. The molecule has 1 heterocycles. The van der Waals surface area contributed by atoms with Crippen molar-refractivity contribution in [3.05, 3.63) is 70.8 Å². The van der Waals surface area contributed by atoms with Gasteiger partial charge in [0.25, 0.3) is 0 Å². The number of aliphatic hydroxyl groups is 1. The van der Waals surface area contributed by atoms with Crippen LogP contribution in [-0.2, 0) is 6.54 Å². The Hall–Kier alpha value is -2.31. The molecule has 24 heavy (non-hydrogen) atoms. The maximum atomic E-state index is 14.1. The summed E-state index contributed by atoms with van der Waals surface area (Å²) in [6.07, 6.45) is -0.248. The van der Waals surface area contributed by atoms with Crippen molar-refractivity contribution in [2.75, 3.05) is 6.54 Å². The zero-order chi connectivity index (χ0) is 17.3. The van der Waals surface area contributed by atoms with Crippen LogP contribution in [0.15, 0.2) is 42.5 Å². The number of β-amino-alcohol motifs (C(OH)–C–C–N with tert-alkyl or cyclic N) is 1. The van der Waals surface area contributed by atoms with E-state index in [1.54, 1.807) is 24.3 Å². The zero-order valence-corrected chi connectivity index (χ0v) is 13.0. The average Bonchev–Trinajstić information content (AvgIpc) is 2.90. The molecule has 6 heteroatoms. The van der Waals surface area contributed by atoms with E-state index in [4.69, 9.17) is 5.73 Å². The van der Waals surface area contributed by atoms with E-state index in [1.807, 2.05) is 4.90 Å². The number of rotatable bonds is 4. The minimum Gasteiger partial charge on any atom is -0.392 e. The predicted molar refractivity (Wildman–Crippen MR) is 85.1 cm³/mol. The molecule has 0 unspecified atom stereocenters. The zero-order valence-electron chi connectivity index (χ0n) is 13.0. The standard InChI is InChI=1S/C18H18F2N2O2/c19-13-5-6-16(20)15(7-13)17-8-14(23)10-22(17)9-11-1-3-12(4-2-11)18(21)24/h1-7,14,17,23H,8-10H2,(H2,21,24)/t14-,17+/m1/s1. The monoisotopic (exact) mass is 332 g/mol. The first-order valence-corrected chi connectivity index (χ1v) is 7.70. The Morgan fingerprint density at radius 2 is 1.92 bits per heavy atom. The first-order valence-electron chi connectivity index (χ1n) is 7.70. The molecule has 0 aliphatic carbocycles. The molecule has 3 rings (SSSR count). The number of nitrogens with zero attached hydrogens (tertiary/aromatic N) is 1. The summed E-state index contributed by atoms with van der Waals surface area (Å²) in [7, 11) is 0. The molecule has 2 atom stereocenters. The lowest BCUT2D eigenvalue weighted by Crippen LogP contribution is -2.25. The van der Waals surface area contributed by atoms with E-state index < -0.39 is 29.7 Å². The minimum absolute atomic E-state index is 0.250. The van der Waals surface area contributed by atoms with Gasteiger partial charge in [-0.1, -0.05) is 12.1 Å². The maximum Gasteiger partial charge on any atom is 0.248 e. The summed E-state index contributed by atoms with van der Waals surface area (Å²) in [6.45, 7) is 0.828. The van der Waals surface area contributed by atoms with Crippen LogP contribution in [0.1, 0.15) is 33.9 Å². The van der Waals surface area contributed by atoms with Crippen LogP contribution in [0.25, 0.3) is 0 Å².